The summed E-state index contributed by atoms with van der Waals surface area (Å²) < 4.78 is 1.79. The SMILES string of the molecule is Cc1ccnn1-c1ccc(C(=O)NNC(=O)c2cc3c(s2)CCC3)cc1. The van der Waals surface area contributed by atoms with Crippen LogP contribution in [0.2, 0.25) is 0 Å². The van der Waals surface area contributed by atoms with Crippen LogP contribution in [-0.4, -0.2) is 21.6 Å². The molecule has 26 heavy (non-hydrogen) atoms. The van der Waals surface area contributed by atoms with Crippen molar-refractivity contribution in [3.05, 3.63) is 69.2 Å². The zero-order valence-electron chi connectivity index (χ0n) is 14.3. The molecular weight excluding hydrogens is 348 g/mol. The number of hydrogen-bond acceptors (Lipinski definition) is 4. The van der Waals surface area contributed by atoms with Crippen LogP contribution in [0, 0.1) is 6.92 Å². The third-order valence-electron chi connectivity index (χ3n) is 4.47. The number of aromatic nitrogens is 2. The summed E-state index contributed by atoms with van der Waals surface area (Å²) in [6, 6.07) is 10.9. The molecule has 1 aliphatic carbocycles. The lowest BCUT2D eigenvalue weighted by Gasteiger charge is -2.08. The molecule has 2 N–H and O–H groups in total. The second kappa shape index (κ2) is 6.76. The van der Waals surface area contributed by atoms with Gasteiger partial charge < -0.3 is 0 Å². The average Bonchev–Trinajstić information content (AvgIpc) is 3.35. The van der Waals surface area contributed by atoms with Crippen molar-refractivity contribution in [1.29, 1.82) is 0 Å². The van der Waals surface area contributed by atoms with E-state index in [1.54, 1.807) is 23.0 Å². The predicted molar refractivity (Wildman–Crippen MR) is 99.6 cm³/mol. The fourth-order valence-corrected chi connectivity index (χ4v) is 4.23. The van der Waals surface area contributed by atoms with Gasteiger partial charge in [0.05, 0.1) is 10.6 Å². The van der Waals surface area contributed by atoms with Gasteiger partial charge in [0.25, 0.3) is 11.8 Å². The highest BCUT2D eigenvalue weighted by Crippen LogP contribution is 2.30. The molecule has 0 fully saturated rings. The largest absolute Gasteiger partial charge is 0.279 e. The number of benzene rings is 1. The van der Waals surface area contributed by atoms with Crippen molar-refractivity contribution in [2.24, 2.45) is 0 Å². The molecule has 2 heterocycles. The van der Waals surface area contributed by atoms with Crippen LogP contribution in [0.4, 0.5) is 0 Å². The van der Waals surface area contributed by atoms with Crippen LogP contribution in [0.15, 0.2) is 42.6 Å². The highest BCUT2D eigenvalue weighted by Gasteiger charge is 2.18. The van der Waals surface area contributed by atoms with Gasteiger partial charge in [0.1, 0.15) is 0 Å². The van der Waals surface area contributed by atoms with E-state index in [-0.39, 0.29) is 11.8 Å². The number of hydrogen-bond donors (Lipinski definition) is 2. The number of aryl methyl sites for hydroxylation is 3. The molecule has 0 spiro atoms. The normalized spacial score (nSPS) is 12.7. The Morgan fingerprint density at radius 2 is 1.85 bits per heavy atom. The fraction of sp³-hybridized carbons (Fsp3) is 0.211. The van der Waals surface area contributed by atoms with Crippen molar-refractivity contribution >= 4 is 23.2 Å². The number of nitrogens with one attached hydrogen (secondary N) is 2. The first kappa shape index (κ1) is 16.5. The maximum atomic E-state index is 12.2. The van der Waals surface area contributed by atoms with Crippen molar-refractivity contribution in [2.75, 3.05) is 0 Å². The van der Waals surface area contributed by atoms with Gasteiger partial charge in [-0.2, -0.15) is 5.10 Å². The lowest BCUT2D eigenvalue weighted by molar-refractivity contribution is 0.0849. The van der Waals surface area contributed by atoms with E-state index in [9.17, 15) is 9.59 Å². The molecule has 0 bridgehead atoms. The Hall–Kier alpha value is -2.93. The molecular formula is C19H18N4O2S. The Balaban J connectivity index is 1.38. The van der Waals surface area contributed by atoms with Crippen LogP contribution in [0.1, 0.15) is 42.6 Å². The highest BCUT2D eigenvalue weighted by molar-refractivity contribution is 7.14. The van der Waals surface area contributed by atoms with E-state index < -0.39 is 0 Å². The van der Waals surface area contributed by atoms with E-state index in [0.717, 1.165) is 30.6 Å². The van der Waals surface area contributed by atoms with Gasteiger partial charge in [-0.05, 0) is 68.1 Å². The van der Waals surface area contributed by atoms with Crippen molar-refractivity contribution in [3.8, 4) is 5.69 Å². The van der Waals surface area contributed by atoms with Crippen LogP contribution in [0.5, 0.6) is 0 Å². The second-order valence-electron chi connectivity index (χ2n) is 6.25. The summed E-state index contributed by atoms with van der Waals surface area (Å²) in [5, 5.41) is 4.23. The lowest BCUT2D eigenvalue weighted by Crippen LogP contribution is -2.41. The van der Waals surface area contributed by atoms with Gasteiger partial charge in [-0.15, -0.1) is 11.3 Å². The number of carbonyl (C=O) groups excluding carboxylic acids is 2. The van der Waals surface area contributed by atoms with Gasteiger partial charge >= 0.3 is 0 Å². The van der Waals surface area contributed by atoms with Gasteiger partial charge in [0.2, 0.25) is 0 Å². The second-order valence-corrected chi connectivity index (χ2v) is 7.39. The van der Waals surface area contributed by atoms with Crippen LogP contribution in [-0.2, 0) is 12.8 Å². The molecule has 1 aromatic carbocycles. The molecule has 132 valence electrons. The number of hydrazine groups is 1. The van der Waals surface area contributed by atoms with E-state index in [2.05, 4.69) is 16.0 Å². The Labute approximate surface area is 154 Å². The highest BCUT2D eigenvalue weighted by atomic mass is 32.1. The summed E-state index contributed by atoms with van der Waals surface area (Å²) in [4.78, 5) is 26.4. The molecule has 2 amide bonds. The molecule has 6 nitrogen and oxygen atoms in total. The molecule has 4 rings (SSSR count). The maximum Gasteiger partial charge on any atom is 0.279 e. The molecule has 0 atom stereocenters. The average molecular weight is 366 g/mol. The molecule has 3 aromatic rings. The molecule has 2 aromatic heterocycles. The zero-order valence-corrected chi connectivity index (χ0v) is 15.1. The Morgan fingerprint density at radius 1 is 1.08 bits per heavy atom. The topological polar surface area (TPSA) is 76.0 Å². The predicted octanol–water partition coefficient (Wildman–Crippen LogP) is 2.81. The van der Waals surface area contributed by atoms with Gasteiger partial charge in [0, 0.05) is 22.3 Å². The van der Waals surface area contributed by atoms with Crippen LogP contribution in [0.3, 0.4) is 0 Å². The van der Waals surface area contributed by atoms with E-state index in [1.807, 2.05) is 31.2 Å². The lowest BCUT2D eigenvalue weighted by atomic mass is 10.2. The Kier molecular flexibility index (Phi) is 4.30. The fourth-order valence-electron chi connectivity index (χ4n) is 3.08. The number of fused-ring (bicyclic) bond motifs is 1. The summed E-state index contributed by atoms with van der Waals surface area (Å²) in [6.07, 6.45) is 4.97. The van der Waals surface area contributed by atoms with Crippen molar-refractivity contribution in [1.82, 2.24) is 20.6 Å². The Bertz CT molecular complexity index is 950. The summed E-state index contributed by atoms with van der Waals surface area (Å²) >= 11 is 1.51. The molecule has 0 radical (unpaired) electrons. The minimum Gasteiger partial charge on any atom is -0.267 e. The van der Waals surface area contributed by atoms with E-state index in [4.69, 9.17) is 0 Å². The zero-order chi connectivity index (χ0) is 18.1. The standard InChI is InChI=1S/C19H18N4O2S/c1-12-9-10-20-23(12)15-7-5-13(6-8-15)18(24)21-22-19(25)17-11-14-3-2-4-16(14)26-17/h5-11H,2-4H2,1H3,(H,21,24)(H,22,25). The molecule has 1 aliphatic rings. The number of rotatable bonds is 3. The minimum atomic E-state index is -0.355. The first-order valence-electron chi connectivity index (χ1n) is 8.45. The third kappa shape index (κ3) is 3.13. The first-order valence-corrected chi connectivity index (χ1v) is 9.27. The van der Waals surface area contributed by atoms with Gasteiger partial charge in [0.15, 0.2) is 0 Å². The number of thiophene rings is 1. The number of nitrogens with zero attached hydrogens (tertiary/aromatic N) is 2. The molecule has 0 aliphatic heterocycles. The number of amides is 2. The third-order valence-corrected chi connectivity index (χ3v) is 5.70. The Morgan fingerprint density at radius 3 is 2.54 bits per heavy atom. The van der Waals surface area contributed by atoms with Crippen molar-refractivity contribution in [3.63, 3.8) is 0 Å². The van der Waals surface area contributed by atoms with E-state index in [1.165, 1.54) is 21.8 Å². The van der Waals surface area contributed by atoms with Crippen molar-refractivity contribution < 1.29 is 9.59 Å². The smallest absolute Gasteiger partial charge is 0.267 e. The molecule has 0 unspecified atom stereocenters. The quantitative estimate of drug-likeness (QED) is 0.700. The number of carbonyl (C=O) groups is 2. The summed E-state index contributed by atoms with van der Waals surface area (Å²) in [6.45, 7) is 1.96. The van der Waals surface area contributed by atoms with Crippen molar-refractivity contribution in [2.45, 2.75) is 26.2 Å². The van der Waals surface area contributed by atoms with Gasteiger partial charge in [-0.25, -0.2) is 4.68 Å². The molecule has 0 saturated carbocycles. The van der Waals surface area contributed by atoms with E-state index in [0.29, 0.717) is 10.4 Å². The van der Waals surface area contributed by atoms with Gasteiger partial charge in [-0.3, -0.25) is 20.4 Å². The van der Waals surface area contributed by atoms with Crippen LogP contribution in [0.25, 0.3) is 5.69 Å². The molecule has 0 saturated heterocycles. The first-order chi connectivity index (χ1) is 12.6. The molecule has 7 heteroatoms. The van der Waals surface area contributed by atoms with Gasteiger partial charge in [-0.1, -0.05) is 0 Å². The maximum absolute atomic E-state index is 12.2. The summed E-state index contributed by atoms with van der Waals surface area (Å²) in [5.74, 6) is -0.632. The summed E-state index contributed by atoms with van der Waals surface area (Å²) in [5.41, 5.74) is 8.58. The minimum absolute atomic E-state index is 0.276. The van der Waals surface area contributed by atoms with Crippen LogP contribution >= 0.6 is 11.3 Å². The monoisotopic (exact) mass is 366 g/mol. The van der Waals surface area contributed by atoms with Crippen LogP contribution < -0.4 is 10.9 Å². The summed E-state index contributed by atoms with van der Waals surface area (Å²) in [7, 11) is 0. The van der Waals surface area contributed by atoms with E-state index >= 15 is 0 Å².